The summed E-state index contributed by atoms with van der Waals surface area (Å²) in [6.07, 6.45) is 4.85. The van der Waals surface area contributed by atoms with Crippen LogP contribution in [0.4, 0.5) is 0 Å². The molecule has 3 fully saturated rings. The van der Waals surface area contributed by atoms with Gasteiger partial charge in [-0.2, -0.15) is 0 Å². The van der Waals surface area contributed by atoms with Gasteiger partial charge in [0.2, 0.25) is 5.91 Å². The maximum atomic E-state index is 13.3. The molecule has 0 unspecified atom stereocenters. The molecule has 152 valence electrons. The summed E-state index contributed by atoms with van der Waals surface area (Å²) in [5.74, 6) is 0.0578. The molecule has 0 N–H and O–H groups in total. The van der Waals surface area contributed by atoms with Gasteiger partial charge < -0.3 is 19.1 Å². The molecule has 0 aliphatic carbocycles. The molecule has 3 aliphatic rings. The van der Waals surface area contributed by atoms with Gasteiger partial charge in [-0.3, -0.25) is 9.59 Å². The number of likely N-dealkylation sites (tertiary alicyclic amines) is 1. The normalized spacial score (nSPS) is 28.7. The Morgan fingerprint density at radius 1 is 1.17 bits per heavy atom. The van der Waals surface area contributed by atoms with Crippen LogP contribution in [-0.4, -0.2) is 51.1 Å². The lowest BCUT2D eigenvalue weighted by Gasteiger charge is -2.33. The Morgan fingerprint density at radius 3 is 2.62 bits per heavy atom. The van der Waals surface area contributed by atoms with Crippen LogP contribution in [-0.2, 0) is 15.1 Å². The summed E-state index contributed by atoms with van der Waals surface area (Å²) in [5, 5.41) is 0. The third-order valence-corrected chi connectivity index (χ3v) is 6.61. The predicted octanol–water partition coefficient (Wildman–Crippen LogP) is 3.16. The molecule has 1 aromatic heterocycles. The van der Waals surface area contributed by atoms with Gasteiger partial charge in [0.05, 0.1) is 30.7 Å². The van der Waals surface area contributed by atoms with E-state index in [1.165, 1.54) is 0 Å². The largest absolute Gasteiger partial charge is 0.351 e. The highest BCUT2D eigenvalue weighted by molar-refractivity contribution is 5.95. The van der Waals surface area contributed by atoms with E-state index in [2.05, 4.69) is 25.3 Å². The number of rotatable bonds is 2. The highest BCUT2D eigenvalue weighted by Crippen LogP contribution is 2.51. The molecule has 6 nitrogen and oxygen atoms in total. The van der Waals surface area contributed by atoms with Gasteiger partial charge >= 0.3 is 0 Å². The van der Waals surface area contributed by atoms with E-state index in [0.29, 0.717) is 31.6 Å². The zero-order valence-corrected chi connectivity index (χ0v) is 17.2. The molecule has 3 saturated heterocycles. The van der Waals surface area contributed by atoms with Crippen molar-refractivity contribution in [1.82, 2.24) is 14.4 Å². The topological polar surface area (TPSA) is 54.8 Å². The Kier molecular flexibility index (Phi) is 3.94. The summed E-state index contributed by atoms with van der Waals surface area (Å²) >= 11 is 0. The molecule has 4 heterocycles. The average molecular weight is 393 g/mol. The van der Waals surface area contributed by atoms with Crippen LogP contribution in [0.2, 0.25) is 0 Å². The number of nitrogens with zero attached hydrogens (tertiary/aromatic N) is 3. The van der Waals surface area contributed by atoms with Crippen LogP contribution in [0.15, 0.2) is 48.8 Å². The molecule has 5 rings (SSSR count). The van der Waals surface area contributed by atoms with E-state index in [9.17, 15) is 9.59 Å². The van der Waals surface area contributed by atoms with Crippen LogP contribution in [0.3, 0.4) is 0 Å². The van der Waals surface area contributed by atoms with E-state index in [1.807, 2.05) is 58.6 Å². The Hall–Kier alpha value is -2.60. The van der Waals surface area contributed by atoms with E-state index >= 15 is 0 Å². The zero-order valence-electron chi connectivity index (χ0n) is 17.2. The third kappa shape index (κ3) is 2.65. The number of carbonyl (C=O) groups is 2. The number of hydrogen-bond acceptors (Lipinski definition) is 3. The molecule has 1 spiro atoms. The average Bonchev–Trinajstić information content (AvgIpc) is 3.43. The molecule has 6 heteroatoms. The van der Waals surface area contributed by atoms with E-state index < -0.39 is 5.72 Å². The van der Waals surface area contributed by atoms with Crippen LogP contribution in [0, 0.1) is 0 Å². The molecular formula is C23H27N3O3. The predicted molar refractivity (Wildman–Crippen MR) is 108 cm³/mol. The number of carbonyl (C=O) groups excluding carboxylic acids is 2. The summed E-state index contributed by atoms with van der Waals surface area (Å²) in [5.41, 5.74) is 0.994. The van der Waals surface area contributed by atoms with Crippen molar-refractivity contribution in [3.05, 3.63) is 59.9 Å². The van der Waals surface area contributed by atoms with Crippen LogP contribution < -0.4 is 0 Å². The second kappa shape index (κ2) is 6.20. The lowest BCUT2D eigenvalue weighted by Crippen LogP contribution is -2.49. The van der Waals surface area contributed by atoms with Gasteiger partial charge in [-0.15, -0.1) is 0 Å². The highest BCUT2D eigenvalue weighted by atomic mass is 16.5. The van der Waals surface area contributed by atoms with E-state index in [-0.39, 0.29) is 29.4 Å². The monoisotopic (exact) mass is 393 g/mol. The summed E-state index contributed by atoms with van der Waals surface area (Å²) in [6, 6.07) is 11.6. The Labute approximate surface area is 171 Å². The fourth-order valence-electron chi connectivity index (χ4n) is 5.12. The molecule has 3 aliphatic heterocycles. The lowest BCUT2D eigenvalue weighted by molar-refractivity contribution is -0.138. The van der Waals surface area contributed by atoms with Crippen molar-refractivity contribution in [2.45, 2.75) is 57.0 Å². The first-order valence-corrected chi connectivity index (χ1v) is 10.3. The first-order valence-electron chi connectivity index (χ1n) is 10.3. The Balaban J connectivity index is 1.43. The van der Waals surface area contributed by atoms with Gasteiger partial charge in [-0.05, 0) is 32.4 Å². The summed E-state index contributed by atoms with van der Waals surface area (Å²) < 4.78 is 8.36. The van der Waals surface area contributed by atoms with Crippen LogP contribution in [0.25, 0.3) is 0 Å². The number of amides is 2. The Bertz CT molecular complexity index is 961. The number of aromatic nitrogens is 1. The van der Waals surface area contributed by atoms with Gasteiger partial charge in [-0.25, -0.2) is 0 Å². The first-order chi connectivity index (χ1) is 13.8. The van der Waals surface area contributed by atoms with Crippen molar-refractivity contribution in [2.24, 2.45) is 0 Å². The minimum atomic E-state index is -0.681. The minimum absolute atomic E-state index is 0.0173. The molecule has 3 atom stereocenters. The standard InChI is InChI=1S/C23H27N3O3/c1-22(2,3)24-11-9-17(14-24)21(28)25-12-10-23-19(25)13-20(27)26(23)18(15-29-23)16-7-5-4-6-8-16/h4-9,11,14,18-19H,10,12-13,15H2,1-3H3/t18-,19+,23-/m0/s1. The minimum Gasteiger partial charge on any atom is -0.351 e. The summed E-state index contributed by atoms with van der Waals surface area (Å²) in [7, 11) is 0. The van der Waals surface area contributed by atoms with Crippen molar-refractivity contribution in [1.29, 1.82) is 0 Å². The van der Waals surface area contributed by atoms with E-state index in [4.69, 9.17) is 4.74 Å². The van der Waals surface area contributed by atoms with Gasteiger partial charge in [0.25, 0.3) is 5.91 Å². The quantitative estimate of drug-likeness (QED) is 0.788. The highest BCUT2D eigenvalue weighted by Gasteiger charge is 2.65. The summed E-state index contributed by atoms with van der Waals surface area (Å²) in [4.78, 5) is 30.1. The number of benzene rings is 1. The van der Waals surface area contributed by atoms with Crippen LogP contribution >= 0.6 is 0 Å². The maximum Gasteiger partial charge on any atom is 0.255 e. The van der Waals surface area contributed by atoms with E-state index in [0.717, 1.165) is 5.56 Å². The number of hydrogen-bond donors (Lipinski definition) is 0. The van der Waals surface area contributed by atoms with Crippen molar-refractivity contribution >= 4 is 11.8 Å². The van der Waals surface area contributed by atoms with Gasteiger partial charge in [0, 0.05) is 30.9 Å². The summed E-state index contributed by atoms with van der Waals surface area (Å²) in [6.45, 7) is 7.41. The third-order valence-electron chi connectivity index (χ3n) is 6.61. The van der Waals surface area contributed by atoms with Crippen molar-refractivity contribution in [3.63, 3.8) is 0 Å². The Morgan fingerprint density at radius 2 is 1.93 bits per heavy atom. The first kappa shape index (κ1) is 18.4. The van der Waals surface area contributed by atoms with Crippen LogP contribution in [0.1, 0.15) is 55.6 Å². The van der Waals surface area contributed by atoms with Gasteiger partial charge in [0.1, 0.15) is 0 Å². The molecule has 0 saturated carbocycles. The van der Waals surface area contributed by atoms with Gasteiger partial charge in [0.15, 0.2) is 5.72 Å². The smallest absolute Gasteiger partial charge is 0.255 e. The molecule has 29 heavy (non-hydrogen) atoms. The molecule has 1 aromatic carbocycles. The second-order valence-corrected chi connectivity index (χ2v) is 9.29. The van der Waals surface area contributed by atoms with Crippen molar-refractivity contribution < 1.29 is 14.3 Å². The molecule has 0 radical (unpaired) electrons. The fourth-order valence-corrected chi connectivity index (χ4v) is 5.12. The zero-order chi connectivity index (χ0) is 20.4. The SMILES string of the molecule is CC(C)(C)n1ccc(C(=O)N2CC[C@@]34OC[C@@H](c5ccccc5)N3C(=O)C[C@@H]24)c1. The fraction of sp³-hybridized carbons (Fsp3) is 0.478. The van der Waals surface area contributed by atoms with Crippen molar-refractivity contribution in [3.8, 4) is 0 Å². The molecular weight excluding hydrogens is 366 g/mol. The van der Waals surface area contributed by atoms with Gasteiger partial charge in [-0.1, -0.05) is 30.3 Å². The molecule has 2 aromatic rings. The lowest BCUT2D eigenvalue weighted by atomic mass is 10.0. The molecule has 0 bridgehead atoms. The van der Waals surface area contributed by atoms with E-state index in [1.54, 1.807) is 0 Å². The molecule has 2 amide bonds. The maximum absolute atomic E-state index is 13.3. The number of ether oxygens (including phenoxy) is 1. The second-order valence-electron chi connectivity index (χ2n) is 9.29. The van der Waals surface area contributed by atoms with Crippen LogP contribution in [0.5, 0.6) is 0 Å². The van der Waals surface area contributed by atoms with Crippen molar-refractivity contribution in [2.75, 3.05) is 13.2 Å².